The van der Waals surface area contributed by atoms with Crippen LogP contribution in [0, 0.1) is 11.8 Å². The number of aliphatic hydroxyl groups excluding tert-OH is 2. The third-order valence-corrected chi connectivity index (χ3v) is 6.63. The Kier molecular flexibility index (Phi) is 5.13. The van der Waals surface area contributed by atoms with Gasteiger partial charge in [0.1, 0.15) is 5.92 Å². The molecular formula is C19H31NO5. The fraction of sp³-hybridized carbons (Fsp3) is 0.895. The molecule has 1 unspecified atom stereocenters. The van der Waals surface area contributed by atoms with E-state index >= 15 is 0 Å². The smallest absolute Gasteiger partial charge is 0.339 e. The van der Waals surface area contributed by atoms with Crippen LogP contribution in [0.25, 0.3) is 0 Å². The van der Waals surface area contributed by atoms with Crippen LogP contribution in [0.1, 0.15) is 71.6 Å². The molecule has 5 atom stereocenters. The monoisotopic (exact) mass is 353 g/mol. The van der Waals surface area contributed by atoms with Crippen molar-refractivity contribution in [3.05, 3.63) is 0 Å². The van der Waals surface area contributed by atoms with Gasteiger partial charge in [0, 0.05) is 0 Å². The highest BCUT2D eigenvalue weighted by Gasteiger charge is 2.80. The van der Waals surface area contributed by atoms with Gasteiger partial charge in [-0.05, 0) is 32.1 Å². The lowest BCUT2D eigenvalue weighted by Gasteiger charge is -2.55. The van der Waals surface area contributed by atoms with Crippen LogP contribution >= 0.6 is 0 Å². The summed E-state index contributed by atoms with van der Waals surface area (Å²) in [7, 11) is 0. The molecule has 1 amide bonds. The summed E-state index contributed by atoms with van der Waals surface area (Å²) < 4.78 is 5.43. The van der Waals surface area contributed by atoms with Crippen molar-refractivity contribution >= 4 is 11.9 Å². The largest absolute Gasteiger partial charge is 0.453 e. The van der Waals surface area contributed by atoms with Gasteiger partial charge in [0.05, 0.1) is 12.2 Å². The molecule has 1 saturated carbocycles. The molecule has 6 nitrogen and oxygen atoms in total. The fourth-order valence-electron chi connectivity index (χ4n) is 5.12. The summed E-state index contributed by atoms with van der Waals surface area (Å²) in [5, 5.41) is 24.4. The van der Waals surface area contributed by atoms with E-state index in [1.165, 1.54) is 0 Å². The van der Waals surface area contributed by atoms with Crippen molar-refractivity contribution in [3.63, 3.8) is 0 Å². The van der Waals surface area contributed by atoms with Gasteiger partial charge in [0.2, 0.25) is 11.4 Å². The molecule has 3 fully saturated rings. The van der Waals surface area contributed by atoms with Crippen LogP contribution in [0.2, 0.25) is 0 Å². The maximum absolute atomic E-state index is 12.6. The van der Waals surface area contributed by atoms with Crippen LogP contribution in [0.5, 0.6) is 0 Å². The number of ether oxygens (including phenoxy) is 1. The van der Waals surface area contributed by atoms with E-state index in [0.29, 0.717) is 6.42 Å². The molecule has 0 aromatic carbocycles. The van der Waals surface area contributed by atoms with Crippen LogP contribution in [0.4, 0.5) is 0 Å². The van der Waals surface area contributed by atoms with Gasteiger partial charge < -0.3 is 20.3 Å². The van der Waals surface area contributed by atoms with Crippen molar-refractivity contribution in [3.8, 4) is 0 Å². The Morgan fingerprint density at radius 3 is 2.48 bits per heavy atom. The number of hydrogen-bond acceptors (Lipinski definition) is 5. The second-order valence-electron chi connectivity index (χ2n) is 8.18. The van der Waals surface area contributed by atoms with E-state index in [1.54, 1.807) is 6.92 Å². The topological polar surface area (TPSA) is 95.9 Å². The van der Waals surface area contributed by atoms with E-state index in [0.717, 1.165) is 51.4 Å². The third-order valence-electron chi connectivity index (χ3n) is 6.63. The number of carbonyl (C=O) groups excluding carboxylic acids is 2. The van der Waals surface area contributed by atoms with Crippen LogP contribution in [-0.4, -0.2) is 45.4 Å². The summed E-state index contributed by atoms with van der Waals surface area (Å²) >= 11 is 0. The highest BCUT2D eigenvalue weighted by Crippen LogP contribution is 2.54. The summed E-state index contributed by atoms with van der Waals surface area (Å²) in [5.41, 5.74) is -2.58. The Balaban J connectivity index is 1.82. The lowest BCUT2D eigenvalue weighted by molar-refractivity contribution is -0.245. The first-order valence-corrected chi connectivity index (χ1v) is 9.80. The van der Waals surface area contributed by atoms with E-state index < -0.39 is 35.2 Å². The maximum Gasteiger partial charge on any atom is 0.339 e. The number of rotatable bonds is 7. The van der Waals surface area contributed by atoms with Gasteiger partial charge in [-0.3, -0.25) is 4.79 Å². The predicted molar refractivity (Wildman–Crippen MR) is 91.6 cm³/mol. The second-order valence-corrected chi connectivity index (χ2v) is 8.18. The minimum Gasteiger partial charge on any atom is -0.453 e. The van der Waals surface area contributed by atoms with Gasteiger partial charge in [-0.25, -0.2) is 4.79 Å². The van der Waals surface area contributed by atoms with Crippen molar-refractivity contribution in [2.75, 3.05) is 0 Å². The highest BCUT2D eigenvalue weighted by molar-refractivity contribution is 6.02. The molecule has 0 aromatic heterocycles. The van der Waals surface area contributed by atoms with Gasteiger partial charge in [-0.15, -0.1) is 0 Å². The Hall–Kier alpha value is -1.14. The summed E-state index contributed by atoms with van der Waals surface area (Å²) in [5.74, 6) is -1.78. The molecule has 3 rings (SSSR count). The van der Waals surface area contributed by atoms with Crippen LogP contribution < -0.4 is 5.32 Å². The first-order valence-electron chi connectivity index (χ1n) is 9.80. The Morgan fingerprint density at radius 1 is 1.20 bits per heavy atom. The molecule has 3 aliphatic rings. The molecule has 0 spiro atoms. The molecule has 3 N–H and O–H groups in total. The SMILES string of the molecule is CCCCCC(O)[C@H]1C(=O)N[C@@]2([C@@H](O)C3CCCCC3)C(=O)O[C@@]12C. The van der Waals surface area contributed by atoms with Crippen molar-refractivity contribution in [2.24, 2.45) is 11.8 Å². The van der Waals surface area contributed by atoms with Crippen molar-refractivity contribution in [1.29, 1.82) is 0 Å². The number of fused-ring (bicyclic) bond motifs is 1. The molecule has 2 heterocycles. The molecule has 2 saturated heterocycles. The average Bonchev–Trinajstić information content (AvgIpc) is 2.78. The zero-order valence-corrected chi connectivity index (χ0v) is 15.3. The number of esters is 1. The molecule has 142 valence electrons. The fourth-order valence-corrected chi connectivity index (χ4v) is 5.12. The molecule has 25 heavy (non-hydrogen) atoms. The zero-order valence-electron chi connectivity index (χ0n) is 15.3. The first kappa shape index (κ1) is 18.6. The van der Waals surface area contributed by atoms with Gasteiger partial charge >= 0.3 is 5.97 Å². The molecule has 6 heteroatoms. The number of amides is 1. The van der Waals surface area contributed by atoms with Gasteiger partial charge in [0.15, 0.2) is 5.60 Å². The van der Waals surface area contributed by atoms with E-state index in [4.69, 9.17) is 4.74 Å². The molecular weight excluding hydrogens is 322 g/mol. The maximum atomic E-state index is 12.6. The number of aliphatic hydroxyl groups is 2. The third kappa shape index (κ3) is 2.69. The van der Waals surface area contributed by atoms with E-state index in [1.807, 2.05) is 0 Å². The van der Waals surface area contributed by atoms with Crippen molar-refractivity contribution < 1.29 is 24.5 Å². The summed E-state index contributed by atoms with van der Waals surface area (Å²) in [6.45, 7) is 3.77. The van der Waals surface area contributed by atoms with Crippen molar-refractivity contribution in [2.45, 2.75) is 95.0 Å². The minimum atomic E-state index is -1.40. The number of nitrogens with one attached hydrogen (secondary N) is 1. The summed E-state index contributed by atoms with van der Waals surface area (Å²) in [4.78, 5) is 25.1. The van der Waals surface area contributed by atoms with Crippen LogP contribution in [0.3, 0.4) is 0 Å². The molecule has 1 aliphatic carbocycles. The van der Waals surface area contributed by atoms with Gasteiger partial charge in [0.25, 0.3) is 0 Å². The molecule has 0 aromatic rings. The lowest BCUT2D eigenvalue weighted by Crippen LogP contribution is -2.80. The quantitative estimate of drug-likeness (QED) is 0.478. The summed E-state index contributed by atoms with van der Waals surface area (Å²) in [6, 6.07) is 0. The van der Waals surface area contributed by atoms with E-state index in [2.05, 4.69) is 12.2 Å². The Bertz CT molecular complexity index is 532. The van der Waals surface area contributed by atoms with Gasteiger partial charge in [-0.2, -0.15) is 0 Å². The van der Waals surface area contributed by atoms with E-state index in [9.17, 15) is 19.8 Å². The zero-order chi connectivity index (χ0) is 18.2. The normalized spacial score (nSPS) is 37.7. The predicted octanol–water partition coefficient (Wildman–Crippen LogP) is 1.67. The van der Waals surface area contributed by atoms with E-state index in [-0.39, 0.29) is 11.8 Å². The number of carbonyl (C=O) groups is 2. The summed E-state index contributed by atoms with van der Waals surface area (Å²) in [6.07, 6.45) is 6.40. The Labute approximate surface area is 149 Å². The molecule has 0 bridgehead atoms. The second kappa shape index (κ2) is 6.88. The van der Waals surface area contributed by atoms with Gasteiger partial charge in [-0.1, -0.05) is 45.4 Å². The average molecular weight is 353 g/mol. The molecule has 2 aliphatic heterocycles. The Morgan fingerprint density at radius 2 is 1.88 bits per heavy atom. The van der Waals surface area contributed by atoms with Crippen LogP contribution in [0.15, 0.2) is 0 Å². The van der Waals surface area contributed by atoms with Crippen molar-refractivity contribution in [1.82, 2.24) is 5.32 Å². The number of unbranched alkanes of at least 4 members (excludes halogenated alkanes) is 2. The minimum absolute atomic E-state index is 0.0165. The number of hydrogen-bond donors (Lipinski definition) is 3. The first-order chi connectivity index (χ1) is 11.9. The lowest BCUT2D eigenvalue weighted by atomic mass is 9.63. The highest BCUT2D eigenvalue weighted by atomic mass is 16.6. The standard InChI is InChI=1S/C19H31NO5/c1-3-4-6-11-13(21)14-16(23)20-19(17(24)25-18(14,19)2)15(22)12-9-7-5-8-10-12/h12-15,21-22H,3-11H2,1-2H3,(H,20,23)/t13?,14-,15-,18-,19-/m0/s1. The molecule has 0 radical (unpaired) electrons. The van der Waals surface area contributed by atoms with Crippen LogP contribution in [-0.2, 0) is 14.3 Å².